The minimum absolute atomic E-state index is 0.363. The van der Waals surface area contributed by atoms with E-state index in [4.69, 9.17) is 4.98 Å². The molecule has 0 unspecified atom stereocenters. The summed E-state index contributed by atoms with van der Waals surface area (Å²) >= 11 is 0. The topological polar surface area (TPSA) is 78.4 Å². The normalized spacial score (nSPS) is 14.9. The third-order valence-electron chi connectivity index (χ3n) is 6.08. The maximum absolute atomic E-state index is 13.5. The Hall–Kier alpha value is -3.49. The second-order valence-corrected chi connectivity index (χ2v) is 10.5. The fourth-order valence-electron chi connectivity index (χ4n) is 4.25. The molecule has 0 amide bonds. The average Bonchev–Trinajstić information content (AvgIpc) is 2.85. The molecule has 0 saturated carbocycles. The number of aryl methyl sites for hydroxylation is 2. The van der Waals surface area contributed by atoms with Gasteiger partial charge in [-0.05, 0) is 37.4 Å². The van der Waals surface area contributed by atoms with Crippen LogP contribution in [0.5, 0.6) is 0 Å². The minimum atomic E-state index is -3.59. The van der Waals surface area contributed by atoms with Gasteiger partial charge in [-0.25, -0.2) is 13.4 Å². The van der Waals surface area contributed by atoms with Gasteiger partial charge in [0.15, 0.2) is 0 Å². The summed E-state index contributed by atoms with van der Waals surface area (Å²) in [6.45, 7) is 5.90. The first kappa shape index (κ1) is 22.3. The van der Waals surface area contributed by atoms with Crippen molar-refractivity contribution in [3.63, 3.8) is 0 Å². The van der Waals surface area contributed by atoms with Gasteiger partial charge < -0.3 is 10.2 Å². The Balaban J connectivity index is 1.33. The van der Waals surface area contributed by atoms with Crippen molar-refractivity contribution in [2.45, 2.75) is 18.7 Å². The summed E-state index contributed by atoms with van der Waals surface area (Å²) in [5.41, 5.74) is 2.96. The number of sulfonamides is 1. The molecule has 7 nitrogen and oxygen atoms in total. The van der Waals surface area contributed by atoms with E-state index in [-0.39, 0.29) is 0 Å². The number of anilines is 3. The lowest BCUT2D eigenvalue weighted by Gasteiger charge is -2.35. The van der Waals surface area contributed by atoms with Crippen molar-refractivity contribution in [2.24, 2.45) is 0 Å². The molecular formula is C26H27N5O2S. The van der Waals surface area contributed by atoms with Crippen LogP contribution in [0.4, 0.5) is 17.5 Å². The lowest BCUT2D eigenvalue weighted by molar-refractivity contribution is 0.384. The fraction of sp³-hybridized carbons (Fsp3) is 0.231. The first-order chi connectivity index (χ1) is 16.4. The molecule has 0 atom stereocenters. The summed E-state index contributed by atoms with van der Waals surface area (Å²) in [5.74, 6) is 1.33. The van der Waals surface area contributed by atoms with Crippen LogP contribution < -0.4 is 10.2 Å². The molecule has 5 rings (SSSR count). The largest absolute Gasteiger partial charge is 0.354 e. The molecule has 1 aliphatic heterocycles. The number of fused-ring (bicyclic) bond motifs is 1. The molecule has 0 aliphatic carbocycles. The maximum atomic E-state index is 13.5. The van der Waals surface area contributed by atoms with Gasteiger partial charge in [0, 0.05) is 49.0 Å². The molecule has 3 aromatic carbocycles. The molecule has 34 heavy (non-hydrogen) atoms. The van der Waals surface area contributed by atoms with E-state index in [1.807, 2.05) is 74.5 Å². The van der Waals surface area contributed by atoms with Crippen molar-refractivity contribution in [2.75, 3.05) is 36.4 Å². The van der Waals surface area contributed by atoms with Gasteiger partial charge in [-0.3, -0.25) is 0 Å². The van der Waals surface area contributed by atoms with Gasteiger partial charge in [0.2, 0.25) is 16.0 Å². The van der Waals surface area contributed by atoms with E-state index in [1.165, 1.54) is 5.56 Å². The standard InChI is InChI=1S/C26H27N5O2S/c1-19-10-12-22(13-11-19)28-26-27-20(2)18-25(29-26)30-14-16-31(17-15-30)34(32,33)24-9-5-7-21-6-3-4-8-23(21)24/h3-13,18H,14-17H2,1-2H3,(H,27,28,29). The monoisotopic (exact) mass is 473 g/mol. The zero-order valence-electron chi connectivity index (χ0n) is 19.3. The summed E-state index contributed by atoms with van der Waals surface area (Å²) < 4.78 is 28.5. The Morgan fingerprint density at radius 2 is 1.53 bits per heavy atom. The number of benzene rings is 3. The highest BCUT2D eigenvalue weighted by atomic mass is 32.2. The summed E-state index contributed by atoms with van der Waals surface area (Å²) in [5, 5.41) is 4.95. The fourth-order valence-corrected chi connectivity index (χ4v) is 5.89. The van der Waals surface area contributed by atoms with Crippen molar-refractivity contribution in [1.82, 2.24) is 14.3 Å². The molecule has 1 fully saturated rings. The van der Waals surface area contributed by atoms with Crippen LogP contribution in [0.1, 0.15) is 11.3 Å². The van der Waals surface area contributed by atoms with Crippen LogP contribution in [0.3, 0.4) is 0 Å². The molecule has 1 N–H and O–H groups in total. The van der Waals surface area contributed by atoms with Crippen molar-refractivity contribution in [1.29, 1.82) is 0 Å². The molecule has 1 aliphatic rings. The van der Waals surface area contributed by atoms with Crippen LogP contribution in [-0.4, -0.2) is 48.9 Å². The summed E-state index contributed by atoms with van der Waals surface area (Å²) in [6, 6.07) is 23.0. The first-order valence-electron chi connectivity index (χ1n) is 11.3. The quantitative estimate of drug-likeness (QED) is 0.460. The number of hydrogen-bond acceptors (Lipinski definition) is 6. The zero-order chi connectivity index (χ0) is 23.7. The third-order valence-corrected chi connectivity index (χ3v) is 8.04. The SMILES string of the molecule is Cc1ccc(Nc2nc(C)cc(N3CCN(S(=O)(=O)c4cccc5ccccc45)CC3)n2)cc1. The van der Waals surface area contributed by atoms with Gasteiger partial charge in [0.1, 0.15) is 5.82 Å². The Morgan fingerprint density at radius 1 is 0.824 bits per heavy atom. The first-order valence-corrected chi connectivity index (χ1v) is 12.8. The van der Waals surface area contributed by atoms with Crippen LogP contribution in [0.25, 0.3) is 10.8 Å². The lowest BCUT2D eigenvalue weighted by atomic mass is 10.1. The summed E-state index contributed by atoms with van der Waals surface area (Å²) in [7, 11) is -3.59. The molecule has 4 aromatic rings. The van der Waals surface area contributed by atoms with Gasteiger partial charge in [-0.2, -0.15) is 9.29 Å². The van der Waals surface area contributed by atoms with Crippen LogP contribution in [0.2, 0.25) is 0 Å². The number of nitrogens with zero attached hydrogens (tertiary/aromatic N) is 4. The minimum Gasteiger partial charge on any atom is -0.354 e. The molecule has 174 valence electrons. The Morgan fingerprint density at radius 3 is 2.29 bits per heavy atom. The van der Waals surface area contributed by atoms with Gasteiger partial charge in [-0.1, -0.05) is 54.1 Å². The molecular weight excluding hydrogens is 446 g/mol. The average molecular weight is 474 g/mol. The van der Waals surface area contributed by atoms with Gasteiger partial charge in [0.25, 0.3) is 0 Å². The zero-order valence-corrected chi connectivity index (χ0v) is 20.1. The molecule has 2 heterocycles. The smallest absolute Gasteiger partial charge is 0.243 e. The molecule has 0 bridgehead atoms. The second-order valence-electron chi connectivity index (χ2n) is 8.55. The summed E-state index contributed by atoms with van der Waals surface area (Å²) in [6.07, 6.45) is 0. The molecule has 0 spiro atoms. The Bertz CT molecular complexity index is 1420. The molecule has 0 radical (unpaired) electrons. The second kappa shape index (κ2) is 9.04. The van der Waals surface area contributed by atoms with Crippen molar-refractivity contribution >= 4 is 38.2 Å². The molecule has 1 aromatic heterocycles. The van der Waals surface area contributed by atoms with E-state index in [2.05, 4.69) is 15.2 Å². The Labute approximate surface area is 200 Å². The van der Waals surface area contributed by atoms with E-state index in [1.54, 1.807) is 16.4 Å². The molecule has 8 heteroatoms. The predicted octanol–water partition coefficient (Wildman–Crippen LogP) is 4.50. The highest BCUT2D eigenvalue weighted by Gasteiger charge is 2.30. The van der Waals surface area contributed by atoms with Crippen LogP contribution in [-0.2, 0) is 10.0 Å². The lowest BCUT2D eigenvalue weighted by Crippen LogP contribution is -2.49. The van der Waals surface area contributed by atoms with E-state index in [9.17, 15) is 8.42 Å². The van der Waals surface area contributed by atoms with Crippen LogP contribution in [0.15, 0.2) is 77.7 Å². The third kappa shape index (κ3) is 4.47. The number of hydrogen-bond donors (Lipinski definition) is 1. The van der Waals surface area contributed by atoms with Gasteiger partial charge in [-0.15, -0.1) is 0 Å². The van der Waals surface area contributed by atoms with E-state index in [0.717, 1.165) is 28.0 Å². The summed E-state index contributed by atoms with van der Waals surface area (Å²) in [4.78, 5) is 11.7. The van der Waals surface area contributed by atoms with Crippen LogP contribution in [0, 0.1) is 13.8 Å². The van der Waals surface area contributed by atoms with Crippen molar-refractivity contribution in [3.05, 3.63) is 84.1 Å². The number of piperazine rings is 1. The number of aromatic nitrogens is 2. The van der Waals surface area contributed by atoms with E-state index >= 15 is 0 Å². The van der Waals surface area contributed by atoms with Crippen molar-refractivity contribution in [3.8, 4) is 0 Å². The highest BCUT2D eigenvalue weighted by molar-refractivity contribution is 7.89. The molecule has 1 saturated heterocycles. The highest BCUT2D eigenvalue weighted by Crippen LogP contribution is 2.27. The predicted molar refractivity (Wildman–Crippen MR) is 136 cm³/mol. The number of rotatable bonds is 5. The Kier molecular flexibility index (Phi) is 5.93. The maximum Gasteiger partial charge on any atom is 0.243 e. The van der Waals surface area contributed by atoms with Gasteiger partial charge >= 0.3 is 0 Å². The number of nitrogens with one attached hydrogen (secondary N) is 1. The van der Waals surface area contributed by atoms with Gasteiger partial charge in [0.05, 0.1) is 4.90 Å². The van der Waals surface area contributed by atoms with E-state index < -0.39 is 10.0 Å². The van der Waals surface area contributed by atoms with E-state index in [0.29, 0.717) is 37.0 Å². The van der Waals surface area contributed by atoms with Crippen LogP contribution >= 0.6 is 0 Å². The van der Waals surface area contributed by atoms with Crippen molar-refractivity contribution < 1.29 is 8.42 Å².